The Hall–Kier alpha value is -12.8. The summed E-state index contributed by atoms with van der Waals surface area (Å²) in [5.41, 5.74) is 9.28. The smallest absolute Gasteiger partial charge is 0.338 e. The second-order valence-electron chi connectivity index (χ2n) is 41.7. The lowest BCUT2D eigenvalue weighted by Gasteiger charge is -2.31. The first kappa shape index (κ1) is 111. The van der Waals surface area contributed by atoms with Crippen LogP contribution >= 0.6 is 0 Å². The van der Waals surface area contributed by atoms with Crippen LogP contribution in [0.1, 0.15) is 312 Å². The minimum Gasteiger partial charge on any atom is -0.507 e. The number of aryl methyl sites for hydroxylation is 3. The summed E-state index contributed by atoms with van der Waals surface area (Å²) < 4.78 is 17.7. The van der Waals surface area contributed by atoms with E-state index in [9.17, 15) is 45.0 Å². The van der Waals surface area contributed by atoms with Crippen LogP contribution in [0.15, 0.2) is 200 Å². The molecule has 0 saturated carbocycles. The molecule has 9 aromatic carbocycles. The molecule has 21 heteroatoms. The van der Waals surface area contributed by atoms with E-state index in [4.69, 9.17) is 14.2 Å². The molecule has 3 aromatic heterocycles. The summed E-state index contributed by atoms with van der Waals surface area (Å²) in [5, 5.41) is 63.7. The Morgan fingerprint density at radius 3 is 0.873 bits per heavy atom. The normalized spacial score (nSPS) is 13.0. The molecule has 12 aromatic rings. The second kappa shape index (κ2) is 55.6. The van der Waals surface area contributed by atoms with E-state index in [0.29, 0.717) is 133 Å². The van der Waals surface area contributed by atoms with Crippen molar-refractivity contribution in [1.82, 2.24) is 44.9 Å². The molecule has 3 heterocycles. The van der Waals surface area contributed by atoms with Gasteiger partial charge in [-0.05, 0) is 244 Å². The lowest BCUT2D eigenvalue weighted by molar-refractivity contribution is 0.0354. The SMILES string of the molecule is CCC(C)CCCCCC(CCCC(C)CC)COC(=O)c1ccc(-c2nc(-c3ccccc3O)nc(-c3ccc(C)cc3O)n2)cc1.CCCCCCCCC(CCCCCC)COC(=O)c1ccc(-c2nc(-c3ccccc3O)nc(-c3ccc(C)cc3O)n2)cc1.Cc1ccc(-c2nc(-c3ccc(C(=O)OCC(CCC(C)CC(C)(C)C)C(C)CC(C)(C)C)cc3)nc(-c3ccccc3O)n2)c(O)c1. The lowest BCUT2D eigenvalue weighted by Crippen LogP contribution is -2.25. The van der Waals surface area contributed by atoms with Crippen LogP contribution in [0.5, 0.6) is 34.5 Å². The molecule has 0 spiro atoms. The Morgan fingerprint density at radius 2 is 0.556 bits per heavy atom. The molecule has 0 fully saturated rings. The third-order valence-corrected chi connectivity index (χ3v) is 26.7. The number of carbonyl (C=O) groups excluding carboxylic acids is 3. The van der Waals surface area contributed by atoms with Gasteiger partial charge in [-0.2, -0.15) is 0 Å². The van der Waals surface area contributed by atoms with Gasteiger partial charge in [-0.15, -0.1) is 0 Å². The van der Waals surface area contributed by atoms with Gasteiger partial charge in [0.15, 0.2) is 52.4 Å². The van der Waals surface area contributed by atoms with E-state index in [1.807, 2.05) is 39.0 Å². The molecule has 0 radical (unpaired) electrons. The maximum absolute atomic E-state index is 13.3. The molecule has 0 saturated heterocycles. The fraction of sp³-hybridized carbons (Fsp3) is 0.455. The maximum Gasteiger partial charge on any atom is 0.338 e. The minimum absolute atomic E-state index is 0.0330. The highest BCUT2D eigenvalue weighted by atomic mass is 16.5. The van der Waals surface area contributed by atoms with E-state index in [2.05, 4.69) is 142 Å². The van der Waals surface area contributed by atoms with Gasteiger partial charge < -0.3 is 44.8 Å². The van der Waals surface area contributed by atoms with E-state index in [1.165, 1.54) is 116 Å². The predicted octanol–water partition coefficient (Wildman–Crippen LogP) is 31.0. The first-order chi connectivity index (χ1) is 68.1. The number of esters is 3. The molecule has 0 aliphatic rings. The summed E-state index contributed by atoms with van der Waals surface area (Å²) in [4.78, 5) is 81.3. The summed E-state index contributed by atoms with van der Waals surface area (Å²) in [6.07, 6.45) is 31.0. The number of benzene rings is 9. The Bertz CT molecular complexity index is 5970. The number of unbranched alkanes of at least 4 members (excludes halogenated alkanes) is 10. The molecular formula is C121H155N9O12. The molecule has 0 amide bonds. The third kappa shape index (κ3) is 35.4. The van der Waals surface area contributed by atoms with Crippen LogP contribution in [0, 0.1) is 73.0 Å². The van der Waals surface area contributed by atoms with E-state index in [-0.39, 0.29) is 98.7 Å². The highest BCUT2D eigenvalue weighted by Crippen LogP contribution is 2.41. The van der Waals surface area contributed by atoms with Crippen molar-refractivity contribution in [3.05, 3.63) is 234 Å². The van der Waals surface area contributed by atoms with Gasteiger partial charge >= 0.3 is 17.9 Å². The number of phenols is 6. The number of aromatic nitrogens is 9. The van der Waals surface area contributed by atoms with Gasteiger partial charge in [0.05, 0.1) is 69.9 Å². The van der Waals surface area contributed by atoms with Gasteiger partial charge in [-0.3, -0.25) is 0 Å². The minimum atomic E-state index is -0.354. The van der Waals surface area contributed by atoms with Crippen molar-refractivity contribution in [2.75, 3.05) is 19.8 Å². The van der Waals surface area contributed by atoms with Gasteiger partial charge in [0.25, 0.3) is 0 Å². The number of nitrogens with zero attached hydrogens (tertiary/aromatic N) is 9. The van der Waals surface area contributed by atoms with Crippen LogP contribution in [0.2, 0.25) is 0 Å². The zero-order valence-corrected chi connectivity index (χ0v) is 87.3. The van der Waals surface area contributed by atoms with E-state index in [1.54, 1.807) is 182 Å². The van der Waals surface area contributed by atoms with Crippen LogP contribution in [-0.4, -0.2) is 113 Å². The fourth-order valence-electron chi connectivity index (χ4n) is 18.1. The number of hydrogen-bond acceptors (Lipinski definition) is 21. The Morgan fingerprint density at radius 1 is 0.282 bits per heavy atom. The van der Waals surface area contributed by atoms with Crippen LogP contribution in [0.4, 0.5) is 0 Å². The van der Waals surface area contributed by atoms with Crippen molar-refractivity contribution in [2.24, 2.45) is 52.3 Å². The quantitative estimate of drug-likeness (QED) is 0.0117. The van der Waals surface area contributed by atoms with Crippen molar-refractivity contribution in [2.45, 2.75) is 285 Å². The van der Waals surface area contributed by atoms with Crippen LogP contribution in [0.3, 0.4) is 0 Å². The number of carbonyl (C=O) groups is 3. The second-order valence-corrected chi connectivity index (χ2v) is 41.7. The van der Waals surface area contributed by atoms with Gasteiger partial charge in [0.2, 0.25) is 0 Å². The van der Waals surface area contributed by atoms with Crippen LogP contribution in [0.25, 0.3) is 102 Å². The predicted molar refractivity (Wildman–Crippen MR) is 572 cm³/mol. The lowest BCUT2D eigenvalue weighted by atomic mass is 9.76. The molecule has 7 atom stereocenters. The van der Waals surface area contributed by atoms with Crippen LogP contribution in [-0.2, 0) is 14.2 Å². The molecule has 7 unspecified atom stereocenters. The number of para-hydroxylation sites is 3. The molecule has 0 aliphatic carbocycles. The van der Waals surface area contributed by atoms with Crippen molar-refractivity contribution in [3.63, 3.8) is 0 Å². The van der Waals surface area contributed by atoms with Gasteiger partial charge in [-0.1, -0.05) is 310 Å². The number of aromatic hydroxyl groups is 6. The monoisotopic (exact) mass is 1930 g/mol. The summed E-state index contributed by atoms with van der Waals surface area (Å²) in [6, 6.07) is 57.5. The van der Waals surface area contributed by atoms with Gasteiger partial charge in [0, 0.05) is 16.7 Å². The summed E-state index contributed by atoms with van der Waals surface area (Å²) in [6.45, 7) is 38.8. The average Bonchev–Trinajstić information content (AvgIpc) is 0.793. The highest BCUT2D eigenvalue weighted by molar-refractivity contribution is 5.92. The summed E-state index contributed by atoms with van der Waals surface area (Å²) in [7, 11) is 0. The molecule has 12 rings (SSSR count). The van der Waals surface area contributed by atoms with Crippen molar-refractivity contribution in [3.8, 4) is 137 Å². The van der Waals surface area contributed by atoms with Gasteiger partial charge in [0.1, 0.15) is 34.5 Å². The van der Waals surface area contributed by atoms with Crippen molar-refractivity contribution < 1.29 is 59.2 Å². The van der Waals surface area contributed by atoms with Gasteiger partial charge in [-0.25, -0.2) is 59.2 Å². The zero-order valence-electron chi connectivity index (χ0n) is 87.3. The topological polar surface area (TPSA) is 316 Å². The summed E-state index contributed by atoms with van der Waals surface area (Å²) >= 11 is 0. The standard InChI is InChI=1S/2C41H53N3O4.C39H49N3O4/c1-26-15-21-33(35(46)22-26)38-43-36(42-37(44-38)32-12-10-11-13-34(32)45)29-17-19-30(20-18-29)39(47)48-25-31(28(3)24-41(7,8)9)16-14-27(2)23-40(4,5)6;1-6-28(3)14-9-8-10-16-31(17-13-15-29(4)7-2)27-48-41(47)33-23-21-32(22-24-33)38-42-39(34-18-11-12-19-36(34)45)44-40(43-38)35-25-20-30(5)26-37(35)46;1-4-6-8-10-11-13-17-29(16-12-9-7-5-2)27-46-39(45)31-23-21-30(22-24-31)36-40-37(32-18-14-15-19-34(32)43)42-38(41-36)33-25-20-28(3)26-35(33)44/h10-13,15,17-22,27-28,31,45-46H,14,16,23-25H2,1-9H3;11-12,18-26,28-29,31,45-46H,6-10,13-17,27H2,1-5H3;14-15,18-26,29,43-44H,4-13,16-17,27H2,1-3H3. The molecule has 21 nitrogen and oxygen atoms in total. The van der Waals surface area contributed by atoms with Crippen molar-refractivity contribution >= 4 is 17.9 Å². The van der Waals surface area contributed by atoms with E-state index in [0.717, 1.165) is 79.9 Å². The Kier molecular flexibility index (Phi) is 43.5. The van der Waals surface area contributed by atoms with E-state index < -0.39 is 0 Å². The molecule has 0 bridgehead atoms. The molecule has 0 aliphatic heterocycles. The van der Waals surface area contributed by atoms with Crippen molar-refractivity contribution in [1.29, 1.82) is 0 Å². The molecule has 142 heavy (non-hydrogen) atoms. The largest absolute Gasteiger partial charge is 0.507 e. The summed E-state index contributed by atoms with van der Waals surface area (Å²) in [5.74, 6) is 5.53. The third-order valence-electron chi connectivity index (χ3n) is 26.7. The first-order valence-corrected chi connectivity index (χ1v) is 51.9. The number of rotatable bonds is 48. The number of phenolic OH excluding ortho intramolecular Hbond substituents is 6. The molecule has 6 N–H and O–H groups in total. The maximum atomic E-state index is 13.3. The Labute approximate surface area is 844 Å². The highest BCUT2D eigenvalue weighted by Gasteiger charge is 2.29. The van der Waals surface area contributed by atoms with E-state index >= 15 is 0 Å². The molecule has 756 valence electrons. The Balaban J connectivity index is 0.000000219. The van der Waals surface area contributed by atoms with Crippen LogP contribution < -0.4 is 0 Å². The average molecular weight is 1930 g/mol. The first-order valence-electron chi connectivity index (χ1n) is 51.9. The molecular weight excluding hydrogens is 1770 g/mol. The zero-order chi connectivity index (χ0) is 102. The number of ether oxygens (including phenoxy) is 3. The fourth-order valence-corrected chi connectivity index (χ4v) is 18.1. The number of hydrogen-bond donors (Lipinski definition) is 6.